The van der Waals surface area contributed by atoms with Crippen molar-refractivity contribution < 1.29 is 13.2 Å². The fourth-order valence-electron chi connectivity index (χ4n) is 1.58. The normalized spacial score (nSPS) is 13.3. The Balaban J connectivity index is 2.59. The first-order chi connectivity index (χ1) is 8.89. The Kier molecular flexibility index (Phi) is 6.25. The number of nitrogens with one attached hydrogen (secondary N) is 2. The summed E-state index contributed by atoms with van der Waals surface area (Å²) in [5, 5.41) is 3.17. The van der Waals surface area contributed by atoms with Crippen LogP contribution < -0.4 is 14.8 Å². The summed E-state index contributed by atoms with van der Waals surface area (Å²) < 4.78 is 30.9. The van der Waals surface area contributed by atoms with Crippen molar-refractivity contribution >= 4 is 26.0 Å². The van der Waals surface area contributed by atoms with Crippen molar-refractivity contribution in [3.63, 3.8) is 0 Å². The highest BCUT2D eigenvalue weighted by atomic mass is 79.9. The van der Waals surface area contributed by atoms with E-state index in [0.29, 0.717) is 6.54 Å². The maximum atomic E-state index is 11.3. The molecule has 0 heterocycles. The van der Waals surface area contributed by atoms with E-state index >= 15 is 0 Å². The Hall–Kier alpha value is -0.630. The van der Waals surface area contributed by atoms with E-state index in [-0.39, 0.29) is 11.8 Å². The van der Waals surface area contributed by atoms with Crippen molar-refractivity contribution in [2.45, 2.75) is 13.0 Å². The molecule has 1 atom stereocenters. The molecule has 0 saturated heterocycles. The van der Waals surface area contributed by atoms with Gasteiger partial charge in [0.2, 0.25) is 10.0 Å². The van der Waals surface area contributed by atoms with Crippen molar-refractivity contribution in [1.29, 1.82) is 0 Å². The van der Waals surface area contributed by atoms with Gasteiger partial charge in [0.15, 0.2) is 0 Å². The van der Waals surface area contributed by atoms with Crippen LogP contribution in [0.1, 0.15) is 18.5 Å². The van der Waals surface area contributed by atoms with Gasteiger partial charge < -0.3 is 10.1 Å². The molecule has 0 radical (unpaired) electrons. The van der Waals surface area contributed by atoms with E-state index in [1.54, 1.807) is 7.11 Å². The molecule has 1 aromatic rings. The molecule has 2 N–H and O–H groups in total. The minimum Gasteiger partial charge on any atom is -0.496 e. The second-order valence-electron chi connectivity index (χ2n) is 4.09. The first-order valence-electron chi connectivity index (χ1n) is 5.87. The number of methoxy groups -OCH3 is 1. The monoisotopic (exact) mass is 350 g/mol. The van der Waals surface area contributed by atoms with E-state index in [1.165, 1.54) is 7.05 Å². The average molecular weight is 351 g/mol. The molecule has 0 bridgehead atoms. The van der Waals surface area contributed by atoms with Gasteiger partial charge in [0.25, 0.3) is 0 Å². The van der Waals surface area contributed by atoms with Crippen LogP contribution in [-0.2, 0) is 10.0 Å². The highest BCUT2D eigenvalue weighted by molar-refractivity contribution is 9.10. The topological polar surface area (TPSA) is 67.4 Å². The number of benzene rings is 1. The van der Waals surface area contributed by atoms with E-state index in [4.69, 9.17) is 4.74 Å². The fraction of sp³-hybridized carbons (Fsp3) is 0.500. The third-order valence-electron chi connectivity index (χ3n) is 2.81. The zero-order valence-electron chi connectivity index (χ0n) is 11.2. The Morgan fingerprint density at radius 2 is 2.11 bits per heavy atom. The van der Waals surface area contributed by atoms with E-state index in [0.717, 1.165) is 15.8 Å². The molecule has 7 heteroatoms. The second-order valence-corrected chi connectivity index (χ2v) is 6.99. The lowest BCUT2D eigenvalue weighted by atomic mass is 10.1. The third kappa shape index (κ3) is 5.10. The highest BCUT2D eigenvalue weighted by Crippen LogP contribution is 2.27. The van der Waals surface area contributed by atoms with Gasteiger partial charge >= 0.3 is 0 Å². The molecule has 1 unspecified atom stereocenters. The predicted octanol–water partition coefficient (Wildman–Crippen LogP) is 1.66. The largest absolute Gasteiger partial charge is 0.496 e. The third-order valence-corrected chi connectivity index (χ3v) is 4.79. The summed E-state index contributed by atoms with van der Waals surface area (Å²) in [6.45, 7) is 2.38. The Morgan fingerprint density at radius 1 is 1.42 bits per heavy atom. The van der Waals surface area contributed by atoms with Gasteiger partial charge in [-0.25, -0.2) is 13.1 Å². The zero-order chi connectivity index (χ0) is 14.5. The Bertz CT molecular complexity index is 520. The van der Waals surface area contributed by atoms with Crippen LogP contribution in [-0.4, -0.2) is 34.9 Å². The van der Waals surface area contributed by atoms with Crippen LogP contribution in [0.15, 0.2) is 22.7 Å². The van der Waals surface area contributed by atoms with E-state index in [9.17, 15) is 8.42 Å². The molecule has 0 aliphatic heterocycles. The fourth-order valence-corrected chi connectivity index (χ4v) is 2.73. The summed E-state index contributed by atoms with van der Waals surface area (Å²) in [7, 11) is -0.127. The minimum atomic E-state index is -3.16. The SMILES string of the molecule is CNS(=O)(=O)CCNC(C)c1ccc(OC)c(Br)c1. The lowest BCUT2D eigenvalue weighted by Crippen LogP contribution is -2.30. The zero-order valence-corrected chi connectivity index (χ0v) is 13.6. The summed E-state index contributed by atoms with van der Waals surface area (Å²) in [5.74, 6) is 0.833. The number of rotatable bonds is 7. The summed E-state index contributed by atoms with van der Waals surface area (Å²) in [4.78, 5) is 0. The summed E-state index contributed by atoms with van der Waals surface area (Å²) in [6, 6.07) is 5.85. The molecule has 0 spiro atoms. The molecule has 0 amide bonds. The van der Waals surface area contributed by atoms with E-state index in [1.807, 2.05) is 25.1 Å². The molecule has 1 aromatic carbocycles. The molecule has 0 fully saturated rings. The lowest BCUT2D eigenvalue weighted by Gasteiger charge is -2.15. The van der Waals surface area contributed by atoms with Crippen LogP contribution in [0.2, 0.25) is 0 Å². The summed E-state index contributed by atoms with van der Waals surface area (Å²) >= 11 is 3.43. The maximum Gasteiger partial charge on any atom is 0.212 e. The first kappa shape index (κ1) is 16.4. The molecular weight excluding hydrogens is 332 g/mol. The quantitative estimate of drug-likeness (QED) is 0.784. The first-order valence-corrected chi connectivity index (χ1v) is 8.32. The van der Waals surface area contributed by atoms with Gasteiger partial charge in [-0.15, -0.1) is 0 Å². The van der Waals surface area contributed by atoms with E-state index in [2.05, 4.69) is 26.0 Å². The standard InChI is InChI=1S/C12H19BrN2O3S/c1-9(15-6-7-19(16,17)14-2)10-4-5-12(18-3)11(13)8-10/h4-5,8-9,14-15H,6-7H2,1-3H3. The van der Waals surface area contributed by atoms with Crippen LogP contribution in [0.4, 0.5) is 0 Å². The van der Waals surface area contributed by atoms with Crippen LogP contribution in [0.5, 0.6) is 5.75 Å². The predicted molar refractivity (Wildman–Crippen MR) is 80.0 cm³/mol. The number of hydrogen-bond donors (Lipinski definition) is 2. The molecule has 0 saturated carbocycles. The van der Waals surface area contributed by atoms with Crippen LogP contribution in [0.25, 0.3) is 0 Å². The second kappa shape index (κ2) is 7.23. The van der Waals surface area contributed by atoms with Crippen LogP contribution >= 0.6 is 15.9 Å². The van der Waals surface area contributed by atoms with Gasteiger partial charge in [-0.1, -0.05) is 6.07 Å². The molecule has 0 aliphatic rings. The number of hydrogen-bond acceptors (Lipinski definition) is 4. The van der Waals surface area contributed by atoms with Gasteiger partial charge in [0.1, 0.15) is 5.75 Å². The molecule has 1 rings (SSSR count). The van der Waals surface area contributed by atoms with E-state index < -0.39 is 10.0 Å². The molecule has 0 aliphatic carbocycles. The van der Waals surface area contributed by atoms with Gasteiger partial charge in [0.05, 0.1) is 17.3 Å². The van der Waals surface area contributed by atoms with Gasteiger partial charge in [0, 0.05) is 12.6 Å². The van der Waals surface area contributed by atoms with Crippen molar-refractivity contribution in [3.8, 4) is 5.75 Å². The summed E-state index contributed by atoms with van der Waals surface area (Å²) in [6.07, 6.45) is 0. The van der Waals surface area contributed by atoms with Gasteiger partial charge in [-0.3, -0.25) is 0 Å². The molecule has 108 valence electrons. The van der Waals surface area contributed by atoms with Crippen molar-refractivity contribution in [1.82, 2.24) is 10.0 Å². The van der Waals surface area contributed by atoms with Crippen LogP contribution in [0, 0.1) is 0 Å². The number of ether oxygens (including phenoxy) is 1. The Morgan fingerprint density at radius 3 is 2.63 bits per heavy atom. The number of halogens is 1. The smallest absolute Gasteiger partial charge is 0.212 e. The maximum absolute atomic E-state index is 11.3. The highest BCUT2D eigenvalue weighted by Gasteiger charge is 2.10. The molecule has 19 heavy (non-hydrogen) atoms. The minimum absolute atomic E-state index is 0.0607. The van der Waals surface area contributed by atoms with Crippen molar-refractivity contribution in [3.05, 3.63) is 28.2 Å². The molecule has 5 nitrogen and oxygen atoms in total. The van der Waals surface area contributed by atoms with Gasteiger partial charge in [-0.2, -0.15) is 0 Å². The van der Waals surface area contributed by atoms with Gasteiger partial charge in [-0.05, 0) is 47.6 Å². The Labute approximate surface area is 122 Å². The lowest BCUT2D eigenvalue weighted by molar-refractivity contribution is 0.411. The number of sulfonamides is 1. The molecular formula is C12H19BrN2O3S. The summed E-state index contributed by atoms with van der Waals surface area (Å²) in [5.41, 5.74) is 1.06. The molecule has 0 aromatic heterocycles. The van der Waals surface area contributed by atoms with Crippen LogP contribution in [0.3, 0.4) is 0 Å². The van der Waals surface area contributed by atoms with Crippen molar-refractivity contribution in [2.75, 3.05) is 26.5 Å². The van der Waals surface area contributed by atoms with Crippen molar-refractivity contribution in [2.24, 2.45) is 0 Å². The average Bonchev–Trinajstić information content (AvgIpc) is 2.38.